The molecule has 5 heteroatoms. The highest BCUT2D eigenvalue weighted by atomic mass is 15.3. The number of hydrogen-bond donors (Lipinski definition) is 3. The first-order chi connectivity index (χ1) is 5.66. The Morgan fingerprint density at radius 3 is 2.83 bits per heavy atom. The highest BCUT2D eigenvalue weighted by Crippen LogP contribution is 2.11. The average Bonchev–Trinajstić information content (AvgIpc) is 2.34. The lowest BCUT2D eigenvalue weighted by molar-refractivity contribution is 0.739. The number of rotatable bonds is 2. The minimum atomic E-state index is 0.586. The van der Waals surface area contributed by atoms with Crippen molar-refractivity contribution in [1.29, 1.82) is 0 Å². The molecule has 1 rings (SSSR count). The topological polar surface area (TPSA) is 81.9 Å². The maximum atomic E-state index is 5.68. The van der Waals surface area contributed by atoms with Crippen LogP contribution < -0.4 is 17.0 Å². The van der Waals surface area contributed by atoms with E-state index in [2.05, 4.69) is 10.5 Å². The summed E-state index contributed by atoms with van der Waals surface area (Å²) in [4.78, 5) is 0. The van der Waals surface area contributed by atoms with E-state index in [1.807, 2.05) is 14.0 Å². The molecular formula is C7H13N5. The van der Waals surface area contributed by atoms with E-state index < -0.39 is 0 Å². The summed E-state index contributed by atoms with van der Waals surface area (Å²) in [5.41, 5.74) is 10.6. The van der Waals surface area contributed by atoms with Crippen LogP contribution in [0.1, 0.15) is 11.3 Å². The van der Waals surface area contributed by atoms with Gasteiger partial charge in [0.05, 0.1) is 11.9 Å². The molecule has 0 atom stereocenters. The van der Waals surface area contributed by atoms with Gasteiger partial charge in [-0.25, -0.2) is 0 Å². The van der Waals surface area contributed by atoms with Crippen LogP contribution >= 0.6 is 0 Å². The van der Waals surface area contributed by atoms with Gasteiger partial charge in [-0.1, -0.05) is 0 Å². The van der Waals surface area contributed by atoms with E-state index in [1.165, 1.54) is 6.20 Å². The van der Waals surface area contributed by atoms with Crippen LogP contribution in [-0.2, 0) is 7.05 Å². The molecule has 12 heavy (non-hydrogen) atoms. The van der Waals surface area contributed by atoms with Crippen LogP contribution in [0.4, 0.5) is 0 Å². The van der Waals surface area contributed by atoms with Gasteiger partial charge in [-0.05, 0) is 6.92 Å². The summed E-state index contributed by atoms with van der Waals surface area (Å²) in [5, 5.41) is 4.05. The Morgan fingerprint density at radius 2 is 2.42 bits per heavy atom. The molecule has 0 aliphatic heterocycles. The molecule has 0 saturated heterocycles. The zero-order chi connectivity index (χ0) is 9.14. The molecule has 5 N–H and O–H groups in total. The maximum Gasteiger partial charge on any atom is 0.0596 e. The van der Waals surface area contributed by atoms with Crippen LogP contribution in [0, 0.1) is 6.92 Å². The molecule has 0 aromatic carbocycles. The molecule has 5 nitrogen and oxygen atoms in total. The van der Waals surface area contributed by atoms with Crippen molar-refractivity contribution in [2.75, 3.05) is 0 Å². The molecule has 1 aromatic rings. The van der Waals surface area contributed by atoms with Crippen LogP contribution in [0.25, 0.3) is 5.70 Å². The third kappa shape index (κ3) is 1.40. The zero-order valence-electron chi connectivity index (χ0n) is 7.20. The highest BCUT2D eigenvalue weighted by Gasteiger charge is 2.04. The van der Waals surface area contributed by atoms with Gasteiger partial charge in [0.2, 0.25) is 0 Å². The van der Waals surface area contributed by atoms with Crippen molar-refractivity contribution in [2.45, 2.75) is 6.92 Å². The van der Waals surface area contributed by atoms with Gasteiger partial charge in [0.25, 0.3) is 0 Å². The molecule has 0 saturated carbocycles. The van der Waals surface area contributed by atoms with E-state index in [0.717, 1.165) is 11.3 Å². The second-order valence-corrected chi connectivity index (χ2v) is 2.53. The normalized spacial score (nSPS) is 11.8. The minimum Gasteiger partial charge on any atom is -0.397 e. The molecule has 0 radical (unpaired) electrons. The van der Waals surface area contributed by atoms with Crippen molar-refractivity contribution in [3.05, 3.63) is 23.7 Å². The van der Waals surface area contributed by atoms with Crippen LogP contribution in [-0.4, -0.2) is 9.78 Å². The van der Waals surface area contributed by atoms with Gasteiger partial charge in [0.15, 0.2) is 0 Å². The minimum absolute atomic E-state index is 0.586. The second kappa shape index (κ2) is 3.27. The fourth-order valence-corrected chi connectivity index (χ4v) is 0.950. The third-order valence-corrected chi connectivity index (χ3v) is 1.79. The number of nitrogens with one attached hydrogen (secondary N) is 1. The van der Waals surface area contributed by atoms with E-state index in [0.29, 0.717) is 5.70 Å². The first-order valence-electron chi connectivity index (χ1n) is 3.57. The SMILES string of the molecule is Cc1c(/C(N)=C/NN)cnn1C. The Labute approximate surface area is 71.0 Å². The van der Waals surface area contributed by atoms with Crippen molar-refractivity contribution in [3.63, 3.8) is 0 Å². The maximum absolute atomic E-state index is 5.68. The van der Waals surface area contributed by atoms with Crippen molar-refractivity contribution in [2.24, 2.45) is 18.6 Å². The standard InChI is InChI=1S/C7H13N5/c1-5-6(3-11-12(5)2)7(8)4-10-9/h3-4,10H,8-9H2,1-2H3/b7-4-. The summed E-state index contributed by atoms with van der Waals surface area (Å²) >= 11 is 0. The van der Waals surface area contributed by atoms with E-state index >= 15 is 0 Å². The molecule has 0 spiro atoms. The lowest BCUT2D eigenvalue weighted by Crippen LogP contribution is -2.16. The predicted molar refractivity (Wildman–Crippen MR) is 47.4 cm³/mol. The monoisotopic (exact) mass is 167 g/mol. The molecule has 0 amide bonds. The Morgan fingerprint density at radius 1 is 1.75 bits per heavy atom. The summed E-state index contributed by atoms with van der Waals surface area (Å²) in [7, 11) is 1.86. The predicted octanol–water partition coefficient (Wildman–Crippen LogP) is -0.551. The van der Waals surface area contributed by atoms with Crippen LogP contribution in [0.3, 0.4) is 0 Å². The summed E-state index contributed by atoms with van der Waals surface area (Å²) in [6.45, 7) is 1.94. The number of hydrogen-bond acceptors (Lipinski definition) is 4. The molecule has 0 aliphatic carbocycles. The second-order valence-electron chi connectivity index (χ2n) is 2.53. The van der Waals surface area contributed by atoms with Crippen molar-refractivity contribution in [3.8, 4) is 0 Å². The fraction of sp³-hybridized carbons (Fsp3) is 0.286. The van der Waals surface area contributed by atoms with E-state index in [1.54, 1.807) is 10.9 Å². The third-order valence-electron chi connectivity index (χ3n) is 1.79. The molecule has 0 unspecified atom stereocenters. The first kappa shape index (κ1) is 8.61. The van der Waals surface area contributed by atoms with E-state index in [9.17, 15) is 0 Å². The lowest BCUT2D eigenvalue weighted by atomic mass is 10.2. The number of aromatic nitrogens is 2. The fourth-order valence-electron chi connectivity index (χ4n) is 0.950. The molecule has 0 bridgehead atoms. The number of hydrazine groups is 1. The van der Waals surface area contributed by atoms with Gasteiger partial charge in [-0.3, -0.25) is 10.5 Å². The molecule has 0 aliphatic rings. The molecule has 1 heterocycles. The van der Waals surface area contributed by atoms with Gasteiger partial charge >= 0.3 is 0 Å². The Bertz CT molecular complexity index is 299. The van der Waals surface area contributed by atoms with Crippen molar-refractivity contribution < 1.29 is 0 Å². The largest absolute Gasteiger partial charge is 0.397 e. The summed E-state index contributed by atoms with van der Waals surface area (Å²) in [5.74, 6) is 5.09. The average molecular weight is 167 g/mol. The van der Waals surface area contributed by atoms with Crippen molar-refractivity contribution in [1.82, 2.24) is 15.2 Å². The number of nitrogens with two attached hydrogens (primary N) is 2. The van der Waals surface area contributed by atoms with Gasteiger partial charge < -0.3 is 11.2 Å². The molecular weight excluding hydrogens is 154 g/mol. The molecule has 66 valence electrons. The Kier molecular flexibility index (Phi) is 2.35. The van der Waals surface area contributed by atoms with Gasteiger partial charge in [-0.15, -0.1) is 0 Å². The smallest absolute Gasteiger partial charge is 0.0596 e. The van der Waals surface area contributed by atoms with Gasteiger partial charge in [-0.2, -0.15) is 5.10 Å². The number of nitrogens with zero attached hydrogens (tertiary/aromatic N) is 2. The lowest BCUT2D eigenvalue weighted by Gasteiger charge is -1.99. The van der Waals surface area contributed by atoms with Gasteiger partial charge in [0.1, 0.15) is 0 Å². The van der Waals surface area contributed by atoms with Crippen LogP contribution in [0.5, 0.6) is 0 Å². The van der Waals surface area contributed by atoms with E-state index in [-0.39, 0.29) is 0 Å². The molecule has 1 aromatic heterocycles. The van der Waals surface area contributed by atoms with Gasteiger partial charge in [0, 0.05) is 24.5 Å². The Balaban J connectivity index is 3.03. The molecule has 0 fully saturated rings. The van der Waals surface area contributed by atoms with E-state index in [4.69, 9.17) is 11.6 Å². The summed E-state index contributed by atoms with van der Waals surface area (Å²) in [6, 6.07) is 0. The number of aryl methyl sites for hydroxylation is 1. The Hall–Kier alpha value is -1.49. The van der Waals surface area contributed by atoms with Crippen LogP contribution in [0.15, 0.2) is 12.4 Å². The zero-order valence-corrected chi connectivity index (χ0v) is 7.20. The highest BCUT2D eigenvalue weighted by molar-refractivity contribution is 5.63. The summed E-state index contributed by atoms with van der Waals surface area (Å²) < 4.78 is 1.76. The first-order valence-corrected chi connectivity index (χ1v) is 3.57. The van der Waals surface area contributed by atoms with Crippen molar-refractivity contribution >= 4 is 5.70 Å². The summed E-state index contributed by atoms with van der Waals surface area (Å²) in [6.07, 6.45) is 3.24. The quantitative estimate of drug-likeness (QED) is 0.407. The van der Waals surface area contributed by atoms with Crippen LogP contribution in [0.2, 0.25) is 0 Å².